The minimum atomic E-state index is -3.60. The molecule has 0 saturated heterocycles. The fourth-order valence-electron chi connectivity index (χ4n) is 2.57. The number of nitrogens with one attached hydrogen (secondary N) is 2. The van der Waals surface area contributed by atoms with Crippen LogP contribution in [0.15, 0.2) is 59.5 Å². The molecule has 0 atom stereocenters. The highest BCUT2D eigenvalue weighted by Crippen LogP contribution is 2.19. The molecule has 2 rings (SSSR count). The summed E-state index contributed by atoms with van der Waals surface area (Å²) in [7, 11) is -2.04. The summed E-state index contributed by atoms with van der Waals surface area (Å²) in [5, 5.41) is 5.49. The third-order valence-electron chi connectivity index (χ3n) is 4.13. The lowest BCUT2D eigenvalue weighted by Crippen LogP contribution is -2.29. The number of amides is 2. The number of hydrogen-bond donors (Lipinski definition) is 2. The van der Waals surface area contributed by atoms with Gasteiger partial charge < -0.3 is 10.6 Å². The fraction of sp³-hybridized carbons (Fsp3) is 0.350. The van der Waals surface area contributed by atoms with Gasteiger partial charge in [0.1, 0.15) is 0 Å². The SMILES string of the molecule is CCCCCNC(=O)Nc1ccc(S(=O)(=O)N(C)Cc2ccccc2)cc1. The second-order valence-electron chi connectivity index (χ2n) is 6.36. The van der Waals surface area contributed by atoms with Crippen LogP contribution in [0, 0.1) is 0 Å². The van der Waals surface area contributed by atoms with Crippen LogP contribution >= 0.6 is 0 Å². The molecular formula is C20H27N3O3S. The molecule has 0 aliphatic carbocycles. The Morgan fingerprint density at radius 3 is 2.30 bits per heavy atom. The highest BCUT2D eigenvalue weighted by atomic mass is 32.2. The molecule has 2 aromatic carbocycles. The average Bonchev–Trinajstić information content (AvgIpc) is 2.66. The largest absolute Gasteiger partial charge is 0.338 e. The Kier molecular flexibility index (Phi) is 7.82. The molecule has 6 nitrogen and oxygen atoms in total. The van der Waals surface area contributed by atoms with E-state index in [1.165, 1.54) is 16.4 Å². The monoisotopic (exact) mass is 389 g/mol. The van der Waals surface area contributed by atoms with Crippen LogP contribution in [0.2, 0.25) is 0 Å². The minimum absolute atomic E-state index is 0.190. The first-order valence-corrected chi connectivity index (χ1v) is 10.5. The molecule has 0 radical (unpaired) electrons. The summed E-state index contributed by atoms with van der Waals surface area (Å²) in [6.07, 6.45) is 3.11. The van der Waals surface area contributed by atoms with Crippen LogP contribution in [-0.2, 0) is 16.6 Å². The van der Waals surface area contributed by atoms with Gasteiger partial charge in [-0.3, -0.25) is 0 Å². The second-order valence-corrected chi connectivity index (χ2v) is 8.40. The number of nitrogens with zero attached hydrogens (tertiary/aromatic N) is 1. The van der Waals surface area contributed by atoms with Gasteiger partial charge in [0.25, 0.3) is 0 Å². The number of carbonyl (C=O) groups excluding carboxylic acids is 1. The number of hydrogen-bond acceptors (Lipinski definition) is 3. The molecular weight excluding hydrogens is 362 g/mol. The summed E-state index contributed by atoms with van der Waals surface area (Å²) in [5.41, 5.74) is 1.47. The number of carbonyl (C=O) groups is 1. The van der Waals surface area contributed by atoms with E-state index in [9.17, 15) is 13.2 Å². The van der Waals surface area contributed by atoms with Crippen molar-refractivity contribution in [2.45, 2.75) is 37.6 Å². The van der Waals surface area contributed by atoms with E-state index in [-0.39, 0.29) is 10.9 Å². The summed E-state index contributed by atoms with van der Waals surface area (Å²) in [6, 6.07) is 15.3. The summed E-state index contributed by atoms with van der Waals surface area (Å²) in [5.74, 6) is 0. The zero-order chi connectivity index (χ0) is 19.7. The Morgan fingerprint density at radius 1 is 1.00 bits per heavy atom. The molecule has 0 heterocycles. The van der Waals surface area contributed by atoms with Gasteiger partial charge in [-0.05, 0) is 36.2 Å². The van der Waals surface area contributed by atoms with Crippen LogP contribution < -0.4 is 10.6 Å². The maximum atomic E-state index is 12.7. The van der Waals surface area contributed by atoms with E-state index in [0.29, 0.717) is 18.8 Å². The number of anilines is 1. The van der Waals surface area contributed by atoms with Crippen molar-refractivity contribution in [2.75, 3.05) is 18.9 Å². The van der Waals surface area contributed by atoms with E-state index in [2.05, 4.69) is 17.6 Å². The maximum Gasteiger partial charge on any atom is 0.319 e. The highest BCUT2D eigenvalue weighted by molar-refractivity contribution is 7.89. The second kappa shape index (κ2) is 10.1. The van der Waals surface area contributed by atoms with E-state index in [0.717, 1.165) is 24.8 Å². The molecule has 7 heteroatoms. The van der Waals surface area contributed by atoms with Gasteiger partial charge in [0.2, 0.25) is 10.0 Å². The Bertz CT molecular complexity index is 821. The smallest absolute Gasteiger partial charge is 0.319 e. The minimum Gasteiger partial charge on any atom is -0.338 e. The molecule has 2 amide bonds. The number of rotatable bonds is 9. The number of unbranched alkanes of at least 4 members (excludes halogenated alkanes) is 2. The Morgan fingerprint density at radius 2 is 1.67 bits per heavy atom. The third kappa shape index (κ3) is 6.37. The van der Waals surface area contributed by atoms with Crippen molar-refractivity contribution in [3.05, 3.63) is 60.2 Å². The van der Waals surface area contributed by atoms with Crippen molar-refractivity contribution in [3.63, 3.8) is 0 Å². The summed E-state index contributed by atoms with van der Waals surface area (Å²) in [4.78, 5) is 12.0. The molecule has 0 spiro atoms. The van der Waals surface area contributed by atoms with Crippen molar-refractivity contribution in [1.29, 1.82) is 0 Å². The van der Waals surface area contributed by atoms with Crippen LogP contribution in [0.25, 0.3) is 0 Å². The van der Waals surface area contributed by atoms with Gasteiger partial charge in [0, 0.05) is 25.8 Å². The van der Waals surface area contributed by atoms with E-state index < -0.39 is 10.0 Å². The molecule has 0 unspecified atom stereocenters. The Hall–Kier alpha value is -2.38. The number of urea groups is 1. The lowest BCUT2D eigenvalue weighted by Gasteiger charge is -2.17. The van der Waals surface area contributed by atoms with Gasteiger partial charge in [0.15, 0.2) is 0 Å². The van der Waals surface area contributed by atoms with E-state index >= 15 is 0 Å². The van der Waals surface area contributed by atoms with Gasteiger partial charge in [-0.15, -0.1) is 0 Å². The highest BCUT2D eigenvalue weighted by Gasteiger charge is 2.20. The molecule has 0 aliphatic rings. The molecule has 0 aliphatic heterocycles. The van der Waals surface area contributed by atoms with E-state index in [4.69, 9.17) is 0 Å². The van der Waals surface area contributed by atoms with E-state index in [1.54, 1.807) is 19.2 Å². The quantitative estimate of drug-likeness (QED) is 0.640. The molecule has 27 heavy (non-hydrogen) atoms. The fourth-order valence-corrected chi connectivity index (χ4v) is 3.73. The normalized spacial score (nSPS) is 11.4. The Balaban J connectivity index is 1.95. The van der Waals surface area contributed by atoms with Crippen molar-refractivity contribution in [3.8, 4) is 0 Å². The van der Waals surface area contributed by atoms with Crippen molar-refractivity contribution < 1.29 is 13.2 Å². The van der Waals surface area contributed by atoms with Crippen LogP contribution in [-0.4, -0.2) is 32.3 Å². The van der Waals surface area contributed by atoms with Crippen LogP contribution in [0.3, 0.4) is 0 Å². The predicted octanol–water partition coefficient (Wildman–Crippen LogP) is 3.82. The molecule has 2 aromatic rings. The van der Waals surface area contributed by atoms with Gasteiger partial charge in [0.05, 0.1) is 4.90 Å². The Labute approximate surface area is 161 Å². The van der Waals surface area contributed by atoms with Crippen LogP contribution in [0.1, 0.15) is 31.7 Å². The number of benzene rings is 2. The van der Waals surface area contributed by atoms with Gasteiger partial charge in [-0.25, -0.2) is 13.2 Å². The first-order valence-electron chi connectivity index (χ1n) is 9.08. The molecule has 0 aromatic heterocycles. The molecule has 0 bridgehead atoms. The summed E-state index contributed by atoms with van der Waals surface area (Å²) < 4.78 is 26.7. The molecule has 2 N–H and O–H groups in total. The van der Waals surface area contributed by atoms with Crippen LogP contribution in [0.5, 0.6) is 0 Å². The standard InChI is InChI=1S/C20H27N3O3S/c1-3-4-8-15-21-20(24)22-18-11-13-19(14-12-18)27(25,26)23(2)16-17-9-6-5-7-10-17/h5-7,9-14H,3-4,8,15-16H2,1-2H3,(H2,21,22,24). The first-order chi connectivity index (χ1) is 12.9. The average molecular weight is 390 g/mol. The van der Waals surface area contributed by atoms with E-state index in [1.807, 2.05) is 30.3 Å². The van der Waals surface area contributed by atoms with Crippen molar-refractivity contribution >= 4 is 21.7 Å². The van der Waals surface area contributed by atoms with Gasteiger partial charge >= 0.3 is 6.03 Å². The van der Waals surface area contributed by atoms with Crippen molar-refractivity contribution in [2.24, 2.45) is 0 Å². The number of sulfonamides is 1. The van der Waals surface area contributed by atoms with Gasteiger partial charge in [-0.2, -0.15) is 4.31 Å². The molecule has 0 fully saturated rings. The first kappa shape index (κ1) is 20.9. The van der Waals surface area contributed by atoms with Crippen molar-refractivity contribution in [1.82, 2.24) is 9.62 Å². The lowest BCUT2D eigenvalue weighted by atomic mass is 10.2. The topological polar surface area (TPSA) is 78.5 Å². The molecule has 146 valence electrons. The maximum absolute atomic E-state index is 12.7. The van der Waals surface area contributed by atoms with Gasteiger partial charge in [-0.1, -0.05) is 50.1 Å². The zero-order valence-electron chi connectivity index (χ0n) is 15.8. The summed E-state index contributed by atoms with van der Waals surface area (Å²) in [6.45, 7) is 3.02. The predicted molar refractivity (Wildman–Crippen MR) is 108 cm³/mol. The van der Waals surface area contributed by atoms with Crippen LogP contribution in [0.4, 0.5) is 10.5 Å². The summed E-state index contributed by atoms with van der Waals surface area (Å²) >= 11 is 0. The zero-order valence-corrected chi connectivity index (χ0v) is 16.6. The molecule has 0 saturated carbocycles. The lowest BCUT2D eigenvalue weighted by molar-refractivity contribution is 0.252. The third-order valence-corrected chi connectivity index (χ3v) is 5.95.